The van der Waals surface area contributed by atoms with Crippen LogP contribution in [0, 0.1) is 28.6 Å². The van der Waals surface area contributed by atoms with Crippen LogP contribution in [0.5, 0.6) is 0 Å². The van der Waals surface area contributed by atoms with Crippen molar-refractivity contribution in [1.29, 1.82) is 0 Å². The summed E-state index contributed by atoms with van der Waals surface area (Å²) in [6, 6.07) is 0. The average Bonchev–Trinajstić information content (AvgIpc) is 2.87. The largest absolute Gasteiger partial charge is 0.388 e. The van der Waals surface area contributed by atoms with Crippen molar-refractivity contribution in [1.82, 2.24) is 0 Å². The van der Waals surface area contributed by atoms with Crippen LogP contribution in [0.4, 0.5) is 8.78 Å². The number of fused-ring (bicyclic) bond motifs is 5. The molecular formula is C22H25ClF2O5. The van der Waals surface area contributed by atoms with E-state index >= 15 is 8.78 Å². The molecule has 0 radical (unpaired) electrons. The van der Waals surface area contributed by atoms with Gasteiger partial charge in [-0.3, -0.25) is 14.4 Å². The number of hydrogen-bond acceptors (Lipinski definition) is 5. The van der Waals surface area contributed by atoms with Gasteiger partial charge in [0.15, 0.2) is 23.0 Å². The zero-order valence-electron chi connectivity index (χ0n) is 17.0. The lowest BCUT2D eigenvalue weighted by Gasteiger charge is -2.60. The first-order valence-electron chi connectivity index (χ1n) is 10.2. The van der Waals surface area contributed by atoms with Crippen LogP contribution in [0.15, 0.2) is 22.8 Å². The summed E-state index contributed by atoms with van der Waals surface area (Å²) < 4.78 is 32.2. The fourth-order valence-electron chi connectivity index (χ4n) is 7.04. The highest BCUT2D eigenvalue weighted by Gasteiger charge is 2.76. The minimum Gasteiger partial charge on any atom is -0.388 e. The quantitative estimate of drug-likeness (QED) is 0.686. The smallest absolute Gasteiger partial charge is 0.196 e. The van der Waals surface area contributed by atoms with Crippen molar-refractivity contribution < 1.29 is 33.4 Å². The van der Waals surface area contributed by atoms with Gasteiger partial charge < -0.3 is 10.2 Å². The van der Waals surface area contributed by atoms with Crippen molar-refractivity contribution >= 4 is 29.0 Å². The molecule has 4 aliphatic rings. The Kier molecular flexibility index (Phi) is 4.57. The van der Waals surface area contributed by atoms with Crippen LogP contribution in [0.2, 0.25) is 0 Å². The zero-order chi connectivity index (χ0) is 22.4. The number of hydrogen-bond donors (Lipinski definition) is 2. The van der Waals surface area contributed by atoms with Crippen LogP contribution >= 0.6 is 11.6 Å². The minimum atomic E-state index is -2.53. The SMILES string of the molecule is C[C@@H]1C[C@H]2C3C[C@H](F)C4=CC(=O)C(Cl)=C[C@]4(C)[C@@]3(F)C(=O)C[C@]2(C)[C@@]1(O)C(=O)CO. The molecular weight excluding hydrogens is 418 g/mol. The third-order valence-electron chi connectivity index (χ3n) is 8.60. The lowest BCUT2D eigenvalue weighted by molar-refractivity contribution is -0.189. The van der Waals surface area contributed by atoms with Gasteiger partial charge in [-0.2, -0.15) is 0 Å². The van der Waals surface area contributed by atoms with E-state index in [4.69, 9.17) is 11.6 Å². The second-order valence-electron chi connectivity index (χ2n) is 9.79. The molecule has 4 rings (SSSR count). The van der Waals surface area contributed by atoms with Gasteiger partial charge in [0.25, 0.3) is 0 Å². The Morgan fingerprint density at radius 1 is 1.27 bits per heavy atom. The van der Waals surface area contributed by atoms with E-state index in [0.29, 0.717) is 0 Å². The first-order chi connectivity index (χ1) is 13.8. The Morgan fingerprint density at radius 2 is 1.90 bits per heavy atom. The Morgan fingerprint density at radius 3 is 2.50 bits per heavy atom. The predicted octanol–water partition coefficient (Wildman–Crippen LogP) is 2.62. The molecule has 0 spiro atoms. The van der Waals surface area contributed by atoms with Crippen molar-refractivity contribution in [3.63, 3.8) is 0 Å². The highest BCUT2D eigenvalue weighted by molar-refractivity contribution is 6.44. The van der Waals surface area contributed by atoms with Crippen LogP contribution in [-0.2, 0) is 14.4 Å². The Labute approximate surface area is 178 Å². The van der Waals surface area contributed by atoms with Crippen LogP contribution in [0.25, 0.3) is 0 Å². The van der Waals surface area contributed by atoms with Crippen molar-refractivity contribution in [2.45, 2.75) is 57.5 Å². The van der Waals surface area contributed by atoms with E-state index in [9.17, 15) is 24.6 Å². The second kappa shape index (κ2) is 6.30. The summed E-state index contributed by atoms with van der Waals surface area (Å²) in [6.07, 6.45) is -0.0826. The fourth-order valence-corrected chi connectivity index (χ4v) is 7.31. The molecule has 5 nitrogen and oxygen atoms in total. The van der Waals surface area contributed by atoms with Gasteiger partial charge in [-0.15, -0.1) is 0 Å². The van der Waals surface area contributed by atoms with Crippen LogP contribution in [0.1, 0.15) is 40.0 Å². The Hall–Kier alpha value is -1.44. The molecule has 8 atom stereocenters. The lowest BCUT2D eigenvalue weighted by Crippen LogP contribution is -2.69. The molecule has 0 saturated heterocycles. The molecule has 4 aliphatic carbocycles. The molecule has 0 bridgehead atoms. The van der Waals surface area contributed by atoms with E-state index < -0.39 is 76.4 Å². The molecule has 8 heteroatoms. The first kappa shape index (κ1) is 21.8. The Bertz CT molecular complexity index is 930. The number of aliphatic hydroxyl groups excluding tert-OH is 1. The number of allylic oxidation sites excluding steroid dienone is 4. The number of rotatable bonds is 2. The third-order valence-corrected chi connectivity index (χ3v) is 8.90. The number of Topliss-reactive ketones (excluding diaryl/α,β-unsaturated/α-hetero) is 2. The van der Waals surface area contributed by atoms with Crippen LogP contribution in [-0.4, -0.2) is 51.6 Å². The van der Waals surface area contributed by atoms with Crippen LogP contribution in [0.3, 0.4) is 0 Å². The second-order valence-corrected chi connectivity index (χ2v) is 10.2. The number of carbonyl (C=O) groups excluding carboxylic acids is 3. The highest BCUT2D eigenvalue weighted by Crippen LogP contribution is 2.70. The maximum atomic E-state index is 16.9. The zero-order valence-corrected chi connectivity index (χ0v) is 17.8. The maximum absolute atomic E-state index is 16.9. The normalized spacial score (nSPS) is 50.3. The van der Waals surface area contributed by atoms with Gasteiger partial charge in [0.2, 0.25) is 0 Å². The average molecular weight is 443 g/mol. The molecule has 0 aromatic heterocycles. The molecule has 0 aromatic rings. The highest BCUT2D eigenvalue weighted by atomic mass is 35.5. The number of halogens is 3. The molecule has 164 valence electrons. The number of alkyl halides is 2. The third kappa shape index (κ3) is 2.21. The summed E-state index contributed by atoms with van der Waals surface area (Å²) in [4.78, 5) is 37.9. The van der Waals surface area contributed by atoms with Gasteiger partial charge in [-0.25, -0.2) is 8.78 Å². The van der Waals surface area contributed by atoms with Crippen molar-refractivity contribution in [3.8, 4) is 0 Å². The molecule has 0 aliphatic heterocycles. The van der Waals surface area contributed by atoms with E-state index in [1.54, 1.807) is 13.8 Å². The van der Waals surface area contributed by atoms with Crippen molar-refractivity contribution in [3.05, 3.63) is 22.8 Å². The van der Waals surface area contributed by atoms with Crippen molar-refractivity contribution in [2.24, 2.45) is 28.6 Å². The minimum absolute atomic E-state index is 0.0969. The van der Waals surface area contributed by atoms with E-state index in [1.165, 1.54) is 6.92 Å². The molecule has 1 unspecified atom stereocenters. The molecule has 2 N–H and O–H groups in total. The summed E-state index contributed by atoms with van der Waals surface area (Å²) in [5.41, 5.74) is -7.70. The number of carbonyl (C=O) groups is 3. The fraction of sp³-hybridized carbons (Fsp3) is 0.682. The van der Waals surface area contributed by atoms with Gasteiger partial charge in [-0.1, -0.05) is 25.4 Å². The number of ketones is 3. The summed E-state index contributed by atoms with van der Waals surface area (Å²) in [5, 5.41) is 20.5. The van der Waals surface area contributed by atoms with E-state index in [2.05, 4.69) is 0 Å². The lowest BCUT2D eigenvalue weighted by atomic mass is 9.45. The molecule has 3 saturated carbocycles. The summed E-state index contributed by atoms with van der Waals surface area (Å²) >= 11 is 5.99. The summed E-state index contributed by atoms with van der Waals surface area (Å²) in [5.74, 6) is -4.71. The Balaban J connectivity index is 1.90. The van der Waals surface area contributed by atoms with E-state index in [1.807, 2.05) is 0 Å². The number of aliphatic hydroxyl groups is 2. The van der Waals surface area contributed by atoms with Gasteiger partial charge in [0.1, 0.15) is 18.4 Å². The van der Waals surface area contributed by atoms with Gasteiger partial charge in [0, 0.05) is 17.8 Å². The summed E-state index contributed by atoms with van der Waals surface area (Å²) in [7, 11) is 0. The molecule has 30 heavy (non-hydrogen) atoms. The maximum Gasteiger partial charge on any atom is 0.196 e. The molecule has 0 heterocycles. The van der Waals surface area contributed by atoms with Crippen molar-refractivity contribution in [2.75, 3.05) is 6.61 Å². The van der Waals surface area contributed by atoms with Gasteiger partial charge in [0.05, 0.1) is 10.4 Å². The monoisotopic (exact) mass is 442 g/mol. The molecule has 0 aromatic carbocycles. The topological polar surface area (TPSA) is 91.7 Å². The summed E-state index contributed by atoms with van der Waals surface area (Å²) in [6.45, 7) is 3.66. The van der Waals surface area contributed by atoms with E-state index in [0.717, 1.165) is 12.2 Å². The standard InChI is InChI=1S/C22H25ClF2O5/c1-10-4-11-12-5-15(24)13-6-16(27)14(23)7-19(13,2)21(12,25)17(28)8-20(11,3)22(10,30)18(29)9-26/h6-7,10-12,15,26,30H,4-5,8-9H2,1-3H3/t10-,11+,12?,15+,19+,20+,21+,22+/m1/s1. The van der Waals surface area contributed by atoms with Gasteiger partial charge >= 0.3 is 0 Å². The van der Waals surface area contributed by atoms with E-state index in [-0.39, 0.29) is 23.4 Å². The molecule has 0 amide bonds. The predicted molar refractivity (Wildman–Crippen MR) is 104 cm³/mol. The van der Waals surface area contributed by atoms with Gasteiger partial charge in [-0.05, 0) is 49.3 Å². The molecule has 3 fully saturated rings. The first-order valence-corrected chi connectivity index (χ1v) is 10.5. The van der Waals surface area contributed by atoms with Crippen LogP contribution < -0.4 is 0 Å².